The Morgan fingerprint density at radius 3 is 2.62 bits per heavy atom. The monoisotopic (exact) mass is 313 g/mol. The number of benzene rings is 1. The van der Waals surface area contributed by atoms with E-state index in [4.69, 9.17) is 5.73 Å². The lowest BCUT2D eigenvalue weighted by atomic mass is 10.2. The molecule has 2 amide bonds. The SMILES string of the molecule is CSCC[C@H](N)C(=O)NCCNC(=O)c1ccccc1F. The number of hydrogen-bond acceptors (Lipinski definition) is 4. The van der Waals surface area contributed by atoms with Gasteiger partial charge >= 0.3 is 0 Å². The minimum atomic E-state index is -0.571. The summed E-state index contributed by atoms with van der Waals surface area (Å²) in [6.45, 7) is 0.472. The Bertz CT molecular complexity index is 485. The molecule has 0 aliphatic rings. The van der Waals surface area contributed by atoms with Crippen LogP contribution in [0, 0.1) is 5.82 Å². The van der Waals surface area contributed by atoms with Gasteiger partial charge in [-0.1, -0.05) is 12.1 Å². The van der Waals surface area contributed by atoms with E-state index < -0.39 is 17.8 Å². The van der Waals surface area contributed by atoms with Crippen molar-refractivity contribution in [1.82, 2.24) is 10.6 Å². The first-order valence-electron chi connectivity index (χ1n) is 6.61. The Labute approximate surface area is 127 Å². The van der Waals surface area contributed by atoms with E-state index in [1.165, 1.54) is 18.2 Å². The molecule has 0 heterocycles. The highest BCUT2D eigenvalue weighted by Crippen LogP contribution is 2.05. The van der Waals surface area contributed by atoms with Gasteiger partial charge in [-0.3, -0.25) is 9.59 Å². The van der Waals surface area contributed by atoms with E-state index in [2.05, 4.69) is 10.6 Å². The Kier molecular flexibility index (Phi) is 7.78. The van der Waals surface area contributed by atoms with Crippen molar-refractivity contribution in [3.8, 4) is 0 Å². The first-order valence-corrected chi connectivity index (χ1v) is 8.00. The second-order valence-corrected chi connectivity index (χ2v) is 5.40. The summed E-state index contributed by atoms with van der Waals surface area (Å²) >= 11 is 1.63. The fourth-order valence-corrected chi connectivity index (χ4v) is 2.10. The number of carbonyl (C=O) groups excluding carboxylic acids is 2. The second kappa shape index (κ2) is 9.36. The fourth-order valence-electron chi connectivity index (χ4n) is 1.61. The van der Waals surface area contributed by atoms with Crippen LogP contribution in [0.4, 0.5) is 4.39 Å². The fraction of sp³-hybridized carbons (Fsp3) is 0.429. The Hall–Kier alpha value is -1.60. The molecule has 1 aromatic rings. The maximum absolute atomic E-state index is 13.4. The number of carbonyl (C=O) groups is 2. The zero-order chi connectivity index (χ0) is 15.7. The summed E-state index contributed by atoms with van der Waals surface area (Å²) in [6, 6.07) is 5.19. The molecule has 21 heavy (non-hydrogen) atoms. The Morgan fingerprint density at radius 1 is 1.29 bits per heavy atom. The third-order valence-electron chi connectivity index (χ3n) is 2.80. The minimum Gasteiger partial charge on any atom is -0.353 e. The molecule has 7 heteroatoms. The molecule has 4 N–H and O–H groups in total. The van der Waals surface area contributed by atoms with Crippen molar-refractivity contribution in [3.63, 3.8) is 0 Å². The van der Waals surface area contributed by atoms with Gasteiger partial charge in [0.25, 0.3) is 5.91 Å². The van der Waals surface area contributed by atoms with E-state index in [0.717, 1.165) is 5.75 Å². The quantitative estimate of drug-likeness (QED) is 0.619. The molecule has 1 aromatic carbocycles. The van der Waals surface area contributed by atoms with Gasteiger partial charge in [0.05, 0.1) is 11.6 Å². The molecule has 116 valence electrons. The van der Waals surface area contributed by atoms with Crippen LogP contribution in [0.1, 0.15) is 16.8 Å². The number of amides is 2. The maximum Gasteiger partial charge on any atom is 0.254 e. The first-order chi connectivity index (χ1) is 10.1. The molecule has 1 atom stereocenters. The van der Waals surface area contributed by atoms with Gasteiger partial charge in [0.2, 0.25) is 5.91 Å². The Morgan fingerprint density at radius 2 is 1.95 bits per heavy atom. The molecule has 1 rings (SSSR count). The van der Waals surface area contributed by atoms with Crippen LogP contribution in [0.3, 0.4) is 0 Å². The van der Waals surface area contributed by atoms with Crippen molar-refractivity contribution in [1.29, 1.82) is 0 Å². The maximum atomic E-state index is 13.4. The molecule has 0 saturated carbocycles. The van der Waals surface area contributed by atoms with Crippen LogP contribution in [0.25, 0.3) is 0 Å². The molecule has 0 aliphatic carbocycles. The molecule has 5 nitrogen and oxygen atoms in total. The second-order valence-electron chi connectivity index (χ2n) is 4.41. The van der Waals surface area contributed by atoms with Gasteiger partial charge in [0.15, 0.2) is 0 Å². The summed E-state index contributed by atoms with van der Waals surface area (Å²) in [6.07, 6.45) is 2.55. The molecule has 0 saturated heterocycles. The van der Waals surface area contributed by atoms with Crippen molar-refractivity contribution < 1.29 is 14.0 Å². The van der Waals surface area contributed by atoms with Crippen molar-refractivity contribution in [2.45, 2.75) is 12.5 Å². The first kappa shape index (κ1) is 17.5. The highest BCUT2D eigenvalue weighted by atomic mass is 32.2. The number of halogens is 1. The van der Waals surface area contributed by atoms with E-state index in [1.54, 1.807) is 17.8 Å². The third-order valence-corrected chi connectivity index (χ3v) is 3.44. The van der Waals surface area contributed by atoms with E-state index in [-0.39, 0.29) is 24.6 Å². The summed E-state index contributed by atoms with van der Waals surface area (Å²) in [5.41, 5.74) is 5.68. The number of rotatable bonds is 8. The molecular weight excluding hydrogens is 293 g/mol. The number of nitrogens with two attached hydrogens (primary N) is 1. The number of nitrogens with one attached hydrogen (secondary N) is 2. The van der Waals surface area contributed by atoms with Crippen LogP contribution in [-0.2, 0) is 4.79 Å². The summed E-state index contributed by atoms with van der Waals surface area (Å²) in [5, 5.41) is 5.17. The summed E-state index contributed by atoms with van der Waals surface area (Å²) in [4.78, 5) is 23.3. The van der Waals surface area contributed by atoms with E-state index >= 15 is 0 Å². The standard InChI is InChI=1S/C14H20FN3O2S/c1-21-9-6-12(16)14(20)18-8-7-17-13(19)10-4-2-3-5-11(10)15/h2-5,12H,6-9,16H2,1H3,(H,17,19)(H,18,20)/t12-/m0/s1. The van der Waals surface area contributed by atoms with Crippen molar-refractivity contribution in [2.24, 2.45) is 5.73 Å². The number of thioether (sulfide) groups is 1. The van der Waals surface area contributed by atoms with Gasteiger partial charge in [-0.2, -0.15) is 11.8 Å². The van der Waals surface area contributed by atoms with Gasteiger partial charge in [-0.15, -0.1) is 0 Å². The molecule has 0 spiro atoms. The molecular formula is C14H20FN3O2S. The topological polar surface area (TPSA) is 84.2 Å². The van der Waals surface area contributed by atoms with E-state index in [1.807, 2.05) is 6.26 Å². The van der Waals surface area contributed by atoms with Crippen molar-refractivity contribution >= 4 is 23.6 Å². The predicted octanol–water partition coefficient (Wildman–Crippen LogP) is 0.752. The van der Waals surface area contributed by atoms with Gasteiger partial charge in [-0.05, 0) is 30.6 Å². The molecule has 0 bridgehead atoms. The van der Waals surface area contributed by atoms with Crippen LogP contribution < -0.4 is 16.4 Å². The normalized spacial score (nSPS) is 11.8. The summed E-state index contributed by atoms with van der Waals surface area (Å²) < 4.78 is 13.4. The van der Waals surface area contributed by atoms with Crippen LogP contribution in [0.2, 0.25) is 0 Å². The largest absolute Gasteiger partial charge is 0.353 e. The molecule has 0 radical (unpaired) electrons. The predicted molar refractivity (Wildman–Crippen MR) is 82.7 cm³/mol. The molecule has 0 unspecified atom stereocenters. The summed E-state index contributed by atoms with van der Waals surface area (Å²) in [7, 11) is 0. The van der Waals surface area contributed by atoms with Gasteiger partial charge in [0.1, 0.15) is 5.82 Å². The summed E-state index contributed by atoms with van der Waals surface area (Å²) in [5.74, 6) is -0.505. The third kappa shape index (κ3) is 6.14. The zero-order valence-electron chi connectivity index (χ0n) is 11.9. The average molecular weight is 313 g/mol. The van der Waals surface area contributed by atoms with E-state index in [0.29, 0.717) is 6.42 Å². The van der Waals surface area contributed by atoms with E-state index in [9.17, 15) is 14.0 Å². The van der Waals surface area contributed by atoms with Gasteiger partial charge < -0.3 is 16.4 Å². The average Bonchev–Trinajstić information content (AvgIpc) is 2.49. The lowest BCUT2D eigenvalue weighted by Gasteiger charge is -2.12. The lowest BCUT2D eigenvalue weighted by molar-refractivity contribution is -0.122. The molecule has 0 aromatic heterocycles. The molecule has 0 aliphatic heterocycles. The van der Waals surface area contributed by atoms with Crippen LogP contribution >= 0.6 is 11.8 Å². The van der Waals surface area contributed by atoms with Crippen LogP contribution in [0.15, 0.2) is 24.3 Å². The van der Waals surface area contributed by atoms with Crippen molar-refractivity contribution in [3.05, 3.63) is 35.6 Å². The minimum absolute atomic E-state index is 0.0134. The van der Waals surface area contributed by atoms with Crippen LogP contribution in [0.5, 0.6) is 0 Å². The zero-order valence-corrected chi connectivity index (χ0v) is 12.7. The lowest BCUT2D eigenvalue weighted by Crippen LogP contribution is -2.43. The smallest absolute Gasteiger partial charge is 0.254 e. The Balaban J connectivity index is 2.26. The molecule has 0 fully saturated rings. The van der Waals surface area contributed by atoms with Crippen LogP contribution in [-0.4, -0.2) is 43.0 Å². The van der Waals surface area contributed by atoms with Crippen molar-refractivity contribution in [2.75, 3.05) is 25.1 Å². The van der Waals surface area contributed by atoms with Gasteiger partial charge in [-0.25, -0.2) is 4.39 Å². The van der Waals surface area contributed by atoms with Gasteiger partial charge in [0, 0.05) is 13.1 Å². The highest BCUT2D eigenvalue weighted by molar-refractivity contribution is 7.98. The highest BCUT2D eigenvalue weighted by Gasteiger charge is 2.13. The number of hydrogen-bond donors (Lipinski definition) is 3.